The highest BCUT2D eigenvalue weighted by atomic mass is 16.6. The Bertz CT molecular complexity index is 365. The number of carbonyl (C=O) groups is 2. The van der Waals surface area contributed by atoms with Gasteiger partial charge in [-0.25, -0.2) is 0 Å². The van der Waals surface area contributed by atoms with Crippen LogP contribution in [0.2, 0.25) is 0 Å². The van der Waals surface area contributed by atoms with E-state index in [0.717, 1.165) is 0 Å². The van der Waals surface area contributed by atoms with Gasteiger partial charge in [-0.05, 0) is 0 Å². The fourth-order valence-corrected chi connectivity index (χ4v) is 1.96. The summed E-state index contributed by atoms with van der Waals surface area (Å²) in [6, 6.07) is 0. The summed E-state index contributed by atoms with van der Waals surface area (Å²) in [4.78, 5) is 22.3. The Kier molecular flexibility index (Phi) is 9.72. The van der Waals surface area contributed by atoms with E-state index in [1.54, 1.807) is 0 Å². The summed E-state index contributed by atoms with van der Waals surface area (Å²) < 4.78 is 38.9. The molecule has 5 atom stereocenters. The van der Waals surface area contributed by atoms with Gasteiger partial charge in [0, 0.05) is 42.3 Å². The summed E-state index contributed by atoms with van der Waals surface area (Å²) in [5, 5.41) is 0. The van der Waals surface area contributed by atoms with Crippen molar-refractivity contribution in [2.24, 2.45) is 0 Å². The van der Waals surface area contributed by atoms with E-state index in [1.165, 1.54) is 42.3 Å². The maximum Gasteiger partial charge on any atom is 0.303 e. The van der Waals surface area contributed by atoms with Crippen LogP contribution in [-0.2, 0) is 38.0 Å². The summed E-state index contributed by atoms with van der Waals surface area (Å²) in [7, 11) is 5.59. The Morgan fingerprint density at radius 2 is 1.45 bits per heavy atom. The molecular formula is C14H26O8. The third-order valence-electron chi connectivity index (χ3n) is 2.85. The van der Waals surface area contributed by atoms with Crippen LogP contribution in [0.3, 0.4) is 0 Å². The number of rotatable bonds is 11. The first-order chi connectivity index (χ1) is 10.8. The number of hydrogen-bond donors (Lipinski definition) is 0. The first kappa shape index (κ1) is 18.8. The van der Waals surface area contributed by atoms with Crippen molar-refractivity contribution in [3.05, 3.63) is 0 Å². The standard InChI is InChI=1S/C14H26O8/c1-9(15)21-8-11(18-4)13(19-5)14(20-6)12(7-17-3)22-10(2)16/h11-14H,7-8H2,1-6H3/t11-,12+,13-,14-/m1/s1/i8D/t8?,11-,12+,13-,14-. The number of ether oxygens (including phenoxy) is 6. The molecule has 0 aliphatic rings. The van der Waals surface area contributed by atoms with E-state index < -0.39 is 42.9 Å². The Labute approximate surface area is 132 Å². The summed E-state index contributed by atoms with van der Waals surface area (Å²) >= 11 is 0. The second-order valence-electron chi connectivity index (χ2n) is 4.45. The fourth-order valence-electron chi connectivity index (χ4n) is 1.96. The van der Waals surface area contributed by atoms with Crippen molar-refractivity contribution < 1.29 is 39.4 Å². The molecule has 1 unspecified atom stereocenters. The van der Waals surface area contributed by atoms with E-state index in [4.69, 9.17) is 29.8 Å². The zero-order valence-electron chi connectivity index (χ0n) is 14.9. The van der Waals surface area contributed by atoms with Crippen molar-refractivity contribution in [1.29, 1.82) is 0 Å². The lowest BCUT2D eigenvalue weighted by Crippen LogP contribution is -2.51. The molecule has 0 spiro atoms. The number of carbonyl (C=O) groups excluding carboxylic acids is 2. The van der Waals surface area contributed by atoms with Gasteiger partial charge >= 0.3 is 11.9 Å². The van der Waals surface area contributed by atoms with E-state index >= 15 is 0 Å². The Morgan fingerprint density at radius 1 is 0.909 bits per heavy atom. The lowest BCUT2D eigenvalue weighted by atomic mass is 10.0. The van der Waals surface area contributed by atoms with Gasteiger partial charge in [0.15, 0.2) is 6.10 Å². The Morgan fingerprint density at radius 3 is 1.82 bits per heavy atom. The van der Waals surface area contributed by atoms with Gasteiger partial charge in [0.1, 0.15) is 24.9 Å². The number of hydrogen-bond acceptors (Lipinski definition) is 8. The van der Waals surface area contributed by atoms with Crippen molar-refractivity contribution in [1.82, 2.24) is 0 Å². The molecule has 0 saturated carbocycles. The molecule has 0 aromatic rings. The molecule has 0 aliphatic carbocycles. The zero-order chi connectivity index (χ0) is 18.0. The van der Waals surface area contributed by atoms with Crippen LogP contribution in [0.15, 0.2) is 0 Å². The third-order valence-corrected chi connectivity index (χ3v) is 2.85. The Balaban J connectivity index is 5.34. The third kappa shape index (κ3) is 7.17. The van der Waals surface area contributed by atoms with Gasteiger partial charge in [-0.1, -0.05) is 0 Å². The van der Waals surface area contributed by atoms with Crippen molar-refractivity contribution in [2.45, 2.75) is 38.3 Å². The Hall–Kier alpha value is -1.22. The minimum Gasteiger partial charge on any atom is -0.463 e. The highest BCUT2D eigenvalue weighted by Crippen LogP contribution is 2.17. The van der Waals surface area contributed by atoms with Gasteiger partial charge in [-0.3, -0.25) is 9.59 Å². The lowest BCUT2D eigenvalue weighted by molar-refractivity contribution is -0.185. The van der Waals surface area contributed by atoms with E-state index in [9.17, 15) is 9.59 Å². The van der Waals surface area contributed by atoms with Crippen LogP contribution >= 0.6 is 0 Å². The summed E-state index contributed by atoms with van der Waals surface area (Å²) in [5.74, 6) is -1.13. The average Bonchev–Trinajstić information content (AvgIpc) is 2.45. The van der Waals surface area contributed by atoms with E-state index in [-0.39, 0.29) is 6.61 Å². The topological polar surface area (TPSA) is 89.5 Å². The predicted molar refractivity (Wildman–Crippen MR) is 76.5 cm³/mol. The molecule has 0 aliphatic heterocycles. The maximum absolute atomic E-state index is 11.3. The molecule has 0 fully saturated rings. The number of methoxy groups -OCH3 is 4. The molecule has 0 saturated heterocycles. The minimum atomic E-state index is -1.33. The molecule has 0 aromatic carbocycles. The second-order valence-corrected chi connectivity index (χ2v) is 4.45. The smallest absolute Gasteiger partial charge is 0.303 e. The van der Waals surface area contributed by atoms with Crippen LogP contribution in [-0.4, -0.2) is 78.0 Å². The summed E-state index contributed by atoms with van der Waals surface area (Å²) in [6.07, 6.45) is -3.37. The molecule has 0 bridgehead atoms. The van der Waals surface area contributed by atoms with E-state index in [2.05, 4.69) is 0 Å². The monoisotopic (exact) mass is 323 g/mol. The highest BCUT2D eigenvalue weighted by Gasteiger charge is 2.38. The van der Waals surface area contributed by atoms with Crippen molar-refractivity contribution >= 4 is 11.9 Å². The van der Waals surface area contributed by atoms with Gasteiger partial charge < -0.3 is 28.4 Å². The molecule has 22 heavy (non-hydrogen) atoms. The van der Waals surface area contributed by atoms with Crippen molar-refractivity contribution in [3.8, 4) is 0 Å². The van der Waals surface area contributed by atoms with Gasteiger partial charge in [-0.2, -0.15) is 0 Å². The molecule has 8 nitrogen and oxygen atoms in total. The average molecular weight is 323 g/mol. The van der Waals surface area contributed by atoms with Crippen molar-refractivity contribution in [3.63, 3.8) is 0 Å². The minimum absolute atomic E-state index is 0.0601. The molecule has 0 N–H and O–H groups in total. The quantitative estimate of drug-likeness (QED) is 0.497. The van der Waals surface area contributed by atoms with Crippen molar-refractivity contribution in [2.75, 3.05) is 41.6 Å². The van der Waals surface area contributed by atoms with Gasteiger partial charge in [0.05, 0.1) is 7.98 Å². The van der Waals surface area contributed by atoms with Crippen LogP contribution in [0, 0.1) is 0 Å². The van der Waals surface area contributed by atoms with E-state index in [0.29, 0.717) is 0 Å². The predicted octanol–water partition coefficient (Wildman–Crippen LogP) is 0.173. The van der Waals surface area contributed by atoms with Crippen LogP contribution in [0.25, 0.3) is 0 Å². The molecule has 0 radical (unpaired) electrons. The molecular weight excluding hydrogens is 296 g/mol. The molecule has 130 valence electrons. The van der Waals surface area contributed by atoms with E-state index in [1.807, 2.05) is 0 Å². The first-order valence-electron chi connectivity index (χ1n) is 7.24. The fraction of sp³-hybridized carbons (Fsp3) is 0.857. The van der Waals surface area contributed by atoms with Gasteiger partial charge in [-0.15, -0.1) is 0 Å². The molecule has 0 heterocycles. The normalized spacial score (nSPS) is 18.5. The van der Waals surface area contributed by atoms with Crippen LogP contribution < -0.4 is 0 Å². The van der Waals surface area contributed by atoms with Crippen LogP contribution in [0.5, 0.6) is 0 Å². The largest absolute Gasteiger partial charge is 0.463 e. The molecule has 8 heteroatoms. The molecule has 0 rings (SSSR count). The summed E-state index contributed by atoms with van der Waals surface area (Å²) in [6.45, 7) is 1.18. The second kappa shape index (κ2) is 11.4. The number of esters is 2. The molecule has 0 aromatic heterocycles. The maximum atomic E-state index is 11.3. The van der Waals surface area contributed by atoms with Gasteiger partial charge in [0.2, 0.25) is 0 Å². The SMILES string of the molecule is [2H]C(OC(C)=O)[C@@H](OC)[C@@H](OC)[C@H](OC)[C@H](COC)OC(C)=O. The first-order valence-corrected chi connectivity index (χ1v) is 6.66. The van der Waals surface area contributed by atoms with Crippen LogP contribution in [0.4, 0.5) is 0 Å². The summed E-state index contributed by atoms with van der Waals surface area (Å²) in [5.41, 5.74) is 0. The highest BCUT2D eigenvalue weighted by molar-refractivity contribution is 5.66. The zero-order valence-corrected chi connectivity index (χ0v) is 13.9. The lowest BCUT2D eigenvalue weighted by Gasteiger charge is -2.34. The van der Waals surface area contributed by atoms with Gasteiger partial charge in [0.25, 0.3) is 0 Å². The molecule has 0 amide bonds. The van der Waals surface area contributed by atoms with Crippen LogP contribution in [0.1, 0.15) is 15.2 Å².